The smallest absolute Gasteiger partial charge is 0.323 e. The van der Waals surface area contributed by atoms with Crippen LogP contribution in [0.4, 0.5) is 10.1 Å². The van der Waals surface area contributed by atoms with Crippen LogP contribution >= 0.6 is 0 Å². The van der Waals surface area contributed by atoms with Crippen LogP contribution in [0.5, 0.6) is 0 Å². The highest BCUT2D eigenvalue weighted by molar-refractivity contribution is 5.78. The number of hydrogen-bond donors (Lipinski definition) is 2. The summed E-state index contributed by atoms with van der Waals surface area (Å²) in [5.41, 5.74) is -0.387. The Labute approximate surface area is 126 Å². The van der Waals surface area contributed by atoms with Gasteiger partial charge in [0.05, 0.1) is 5.69 Å². The van der Waals surface area contributed by atoms with E-state index in [1.807, 2.05) is 18.9 Å². The number of rotatable bonds is 9. The number of benzene rings is 1. The maximum absolute atomic E-state index is 13.6. The summed E-state index contributed by atoms with van der Waals surface area (Å²) in [5, 5.41) is 12.4. The Bertz CT molecular complexity index is 467. The van der Waals surface area contributed by atoms with Gasteiger partial charge in [0, 0.05) is 13.6 Å². The van der Waals surface area contributed by atoms with Gasteiger partial charge in [-0.15, -0.1) is 0 Å². The van der Waals surface area contributed by atoms with Crippen LogP contribution in [0, 0.1) is 5.82 Å². The Morgan fingerprint density at radius 1 is 1.43 bits per heavy atom. The molecule has 0 aromatic heterocycles. The van der Waals surface area contributed by atoms with Gasteiger partial charge in [-0.25, -0.2) is 4.39 Å². The van der Waals surface area contributed by atoms with E-state index in [0.29, 0.717) is 31.6 Å². The van der Waals surface area contributed by atoms with E-state index < -0.39 is 11.5 Å². The zero-order valence-electron chi connectivity index (χ0n) is 13.0. The van der Waals surface area contributed by atoms with Gasteiger partial charge >= 0.3 is 5.97 Å². The first-order chi connectivity index (χ1) is 9.90. The number of para-hydroxylation sites is 1. The van der Waals surface area contributed by atoms with E-state index in [4.69, 9.17) is 0 Å². The molecule has 1 atom stereocenters. The van der Waals surface area contributed by atoms with E-state index >= 15 is 0 Å². The molecule has 0 aliphatic rings. The minimum Gasteiger partial charge on any atom is -0.480 e. The second-order valence-electron chi connectivity index (χ2n) is 5.54. The van der Waals surface area contributed by atoms with Gasteiger partial charge < -0.3 is 15.3 Å². The number of carbonyl (C=O) groups is 1. The number of nitrogens with one attached hydrogen (secondary N) is 1. The molecule has 0 bridgehead atoms. The standard InChI is InChI=1S/C16H25FN2O2/c1-4-11-18-16(2,15(20)21)10-7-12-19(3)14-9-6-5-8-13(14)17/h5-6,8-9,18H,4,7,10-12H2,1-3H3,(H,20,21). The number of nitrogens with zero attached hydrogens (tertiary/aromatic N) is 1. The molecule has 0 amide bonds. The topological polar surface area (TPSA) is 52.6 Å². The average Bonchev–Trinajstić information content (AvgIpc) is 2.45. The van der Waals surface area contributed by atoms with Crippen LogP contribution in [0.3, 0.4) is 0 Å². The van der Waals surface area contributed by atoms with E-state index in [9.17, 15) is 14.3 Å². The Hall–Kier alpha value is -1.62. The van der Waals surface area contributed by atoms with Gasteiger partial charge in [-0.3, -0.25) is 4.79 Å². The third-order valence-corrected chi connectivity index (χ3v) is 3.67. The molecule has 0 saturated heterocycles. The van der Waals surface area contributed by atoms with Gasteiger partial charge in [-0.1, -0.05) is 19.1 Å². The maximum atomic E-state index is 13.6. The van der Waals surface area contributed by atoms with Crippen molar-refractivity contribution in [3.63, 3.8) is 0 Å². The van der Waals surface area contributed by atoms with Crippen molar-refractivity contribution in [2.45, 2.75) is 38.6 Å². The molecule has 0 radical (unpaired) electrons. The van der Waals surface area contributed by atoms with E-state index in [1.165, 1.54) is 6.07 Å². The van der Waals surface area contributed by atoms with Gasteiger partial charge in [0.1, 0.15) is 11.4 Å². The molecule has 0 aliphatic carbocycles. The van der Waals surface area contributed by atoms with Crippen LogP contribution in [-0.4, -0.2) is 36.8 Å². The molecule has 0 aliphatic heterocycles. The molecular formula is C16H25FN2O2. The number of aliphatic carboxylic acids is 1. The maximum Gasteiger partial charge on any atom is 0.323 e. The monoisotopic (exact) mass is 296 g/mol. The van der Waals surface area contributed by atoms with Crippen LogP contribution in [0.1, 0.15) is 33.1 Å². The van der Waals surface area contributed by atoms with Crippen LogP contribution < -0.4 is 10.2 Å². The van der Waals surface area contributed by atoms with Crippen molar-refractivity contribution in [2.75, 3.05) is 25.0 Å². The first-order valence-electron chi connectivity index (χ1n) is 7.35. The predicted molar refractivity (Wildman–Crippen MR) is 83.2 cm³/mol. The second kappa shape index (κ2) is 7.98. The Morgan fingerprint density at radius 2 is 2.10 bits per heavy atom. The highest BCUT2D eigenvalue weighted by Gasteiger charge is 2.31. The number of anilines is 1. The number of carboxylic acid groups (broad SMARTS) is 1. The molecule has 118 valence electrons. The first-order valence-corrected chi connectivity index (χ1v) is 7.35. The van der Waals surface area contributed by atoms with Crippen molar-refractivity contribution in [3.8, 4) is 0 Å². The zero-order valence-corrected chi connectivity index (χ0v) is 13.0. The lowest BCUT2D eigenvalue weighted by Gasteiger charge is -2.28. The third kappa shape index (κ3) is 5.01. The number of halogens is 1. The predicted octanol–water partition coefficient (Wildman–Crippen LogP) is 2.89. The number of carboxylic acids is 1. The molecule has 1 unspecified atom stereocenters. The normalized spacial score (nSPS) is 13.7. The fraction of sp³-hybridized carbons (Fsp3) is 0.562. The highest BCUT2D eigenvalue weighted by atomic mass is 19.1. The van der Waals surface area contributed by atoms with E-state index in [-0.39, 0.29) is 5.82 Å². The molecule has 1 rings (SSSR count). The Morgan fingerprint density at radius 3 is 2.67 bits per heavy atom. The van der Waals surface area contributed by atoms with Crippen molar-refractivity contribution in [1.82, 2.24) is 5.32 Å². The van der Waals surface area contributed by atoms with Gasteiger partial charge in [0.2, 0.25) is 0 Å². The molecule has 0 fully saturated rings. The number of hydrogen-bond acceptors (Lipinski definition) is 3. The lowest BCUT2D eigenvalue weighted by Crippen LogP contribution is -2.50. The lowest BCUT2D eigenvalue weighted by molar-refractivity contribution is -0.144. The van der Waals surface area contributed by atoms with Crippen molar-refractivity contribution in [3.05, 3.63) is 30.1 Å². The third-order valence-electron chi connectivity index (χ3n) is 3.67. The molecular weight excluding hydrogens is 271 g/mol. The summed E-state index contributed by atoms with van der Waals surface area (Å²) < 4.78 is 13.6. The van der Waals surface area contributed by atoms with Crippen molar-refractivity contribution in [1.29, 1.82) is 0 Å². The van der Waals surface area contributed by atoms with Gasteiger partial charge in [-0.05, 0) is 44.9 Å². The SMILES string of the molecule is CCCNC(C)(CCCN(C)c1ccccc1F)C(=O)O. The Balaban J connectivity index is 2.54. The van der Waals surface area contributed by atoms with E-state index in [1.54, 1.807) is 25.1 Å². The summed E-state index contributed by atoms with van der Waals surface area (Å²) >= 11 is 0. The molecule has 0 heterocycles. The quantitative estimate of drug-likeness (QED) is 0.736. The second-order valence-corrected chi connectivity index (χ2v) is 5.54. The lowest BCUT2D eigenvalue weighted by atomic mass is 9.95. The van der Waals surface area contributed by atoms with Gasteiger partial charge in [-0.2, -0.15) is 0 Å². The highest BCUT2D eigenvalue weighted by Crippen LogP contribution is 2.19. The summed E-state index contributed by atoms with van der Waals surface area (Å²) in [7, 11) is 1.82. The summed E-state index contributed by atoms with van der Waals surface area (Å²) in [6.07, 6.45) is 2.06. The van der Waals surface area contributed by atoms with Crippen LogP contribution in [0.25, 0.3) is 0 Å². The summed E-state index contributed by atoms with van der Waals surface area (Å²) in [4.78, 5) is 13.2. The fourth-order valence-corrected chi connectivity index (χ4v) is 2.22. The molecule has 0 saturated carbocycles. The van der Waals surface area contributed by atoms with Gasteiger partial charge in [0.15, 0.2) is 0 Å². The van der Waals surface area contributed by atoms with Crippen LogP contribution in [0.2, 0.25) is 0 Å². The van der Waals surface area contributed by atoms with Gasteiger partial charge in [0.25, 0.3) is 0 Å². The average molecular weight is 296 g/mol. The zero-order chi connectivity index (χ0) is 15.9. The summed E-state index contributed by atoms with van der Waals surface area (Å²) in [6, 6.07) is 6.60. The molecule has 0 spiro atoms. The van der Waals surface area contributed by atoms with E-state index in [2.05, 4.69) is 5.32 Å². The molecule has 1 aromatic carbocycles. The van der Waals surface area contributed by atoms with Crippen molar-refractivity contribution >= 4 is 11.7 Å². The molecule has 21 heavy (non-hydrogen) atoms. The first kappa shape index (κ1) is 17.4. The van der Waals surface area contributed by atoms with E-state index in [0.717, 1.165) is 6.42 Å². The summed E-state index contributed by atoms with van der Waals surface area (Å²) in [6.45, 7) is 4.99. The molecule has 1 aromatic rings. The van der Waals surface area contributed by atoms with Crippen LogP contribution in [-0.2, 0) is 4.79 Å². The fourth-order valence-electron chi connectivity index (χ4n) is 2.22. The van der Waals surface area contributed by atoms with Crippen molar-refractivity contribution in [2.24, 2.45) is 0 Å². The largest absolute Gasteiger partial charge is 0.480 e. The summed E-state index contributed by atoms with van der Waals surface area (Å²) in [5.74, 6) is -1.10. The minimum atomic E-state index is -0.925. The molecule has 4 nitrogen and oxygen atoms in total. The Kier molecular flexibility index (Phi) is 6.62. The minimum absolute atomic E-state index is 0.259. The van der Waals surface area contributed by atoms with Crippen LogP contribution in [0.15, 0.2) is 24.3 Å². The molecule has 5 heteroatoms. The van der Waals surface area contributed by atoms with Crippen molar-refractivity contribution < 1.29 is 14.3 Å². The molecule has 2 N–H and O–H groups in total.